The maximum Gasteiger partial charge on any atom is 0.115 e. The first-order chi connectivity index (χ1) is 23.2. The van der Waals surface area contributed by atoms with Gasteiger partial charge < -0.3 is 20.4 Å². The molecule has 0 amide bonds. The number of benzene rings is 4. The smallest absolute Gasteiger partial charge is 0.115 e. The van der Waals surface area contributed by atoms with Crippen molar-refractivity contribution in [2.45, 2.75) is 85.9 Å². The summed E-state index contributed by atoms with van der Waals surface area (Å²) in [6.45, 7) is 0. The second-order valence-electron chi connectivity index (χ2n) is 17.4. The third-order valence-electron chi connectivity index (χ3n) is 15.1. The maximum absolute atomic E-state index is 10.5. The topological polar surface area (TPSA) is 80.9 Å². The van der Waals surface area contributed by atoms with Gasteiger partial charge in [0.25, 0.3) is 0 Å². The van der Waals surface area contributed by atoms with Crippen molar-refractivity contribution >= 4 is 0 Å². The molecule has 4 nitrogen and oxygen atoms in total. The minimum atomic E-state index is 0.00528. The van der Waals surface area contributed by atoms with Crippen molar-refractivity contribution < 1.29 is 20.4 Å². The minimum Gasteiger partial charge on any atom is -0.508 e. The van der Waals surface area contributed by atoms with E-state index in [2.05, 4.69) is 48.5 Å². The van der Waals surface area contributed by atoms with Crippen molar-refractivity contribution in [3.8, 4) is 23.0 Å². The Morgan fingerprint density at radius 1 is 0.375 bits per heavy atom. The van der Waals surface area contributed by atoms with E-state index in [4.69, 9.17) is 0 Å². The molecule has 10 unspecified atom stereocenters. The van der Waals surface area contributed by atoms with Crippen molar-refractivity contribution in [3.05, 3.63) is 119 Å². The van der Waals surface area contributed by atoms with Gasteiger partial charge in [0.15, 0.2) is 0 Å². The van der Waals surface area contributed by atoms with Gasteiger partial charge in [-0.25, -0.2) is 0 Å². The summed E-state index contributed by atoms with van der Waals surface area (Å²) in [7, 11) is 0. The molecule has 8 aliphatic rings. The van der Waals surface area contributed by atoms with Crippen LogP contribution in [0.5, 0.6) is 23.0 Å². The molecule has 48 heavy (non-hydrogen) atoms. The van der Waals surface area contributed by atoms with Gasteiger partial charge in [0.2, 0.25) is 0 Å². The Morgan fingerprint density at radius 2 is 0.688 bits per heavy atom. The molecule has 8 fully saturated rings. The fourth-order valence-electron chi connectivity index (χ4n) is 14.4. The van der Waals surface area contributed by atoms with Crippen LogP contribution in [0.15, 0.2) is 97.1 Å². The van der Waals surface area contributed by atoms with Crippen molar-refractivity contribution in [3.63, 3.8) is 0 Å². The summed E-state index contributed by atoms with van der Waals surface area (Å²) in [6, 6.07) is 33.0. The van der Waals surface area contributed by atoms with Crippen LogP contribution in [0.1, 0.15) is 86.5 Å². The van der Waals surface area contributed by atoms with Gasteiger partial charge in [0.1, 0.15) is 23.0 Å². The summed E-state index contributed by atoms with van der Waals surface area (Å²) < 4.78 is 0. The summed E-state index contributed by atoms with van der Waals surface area (Å²) in [5, 5.41) is 41.4. The molecule has 4 heteroatoms. The van der Waals surface area contributed by atoms with Crippen LogP contribution in [-0.4, -0.2) is 20.4 Å². The molecule has 4 aromatic carbocycles. The Hall–Kier alpha value is -3.92. The summed E-state index contributed by atoms with van der Waals surface area (Å²) in [4.78, 5) is 0. The van der Waals surface area contributed by atoms with E-state index in [0.29, 0.717) is 58.5 Å². The van der Waals surface area contributed by atoms with E-state index in [1.807, 2.05) is 48.5 Å². The quantitative estimate of drug-likeness (QED) is 0.176. The first kappa shape index (κ1) is 29.0. The van der Waals surface area contributed by atoms with Crippen LogP contribution in [0.2, 0.25) is 0 Å². The number of phenols is 4. The number of hydrogen-bond donors (Lipinski definition) is 4. The third-order valence-corrected chi connectivity index (χ3v) is 15.1. The number of hydrogen-bond acceptors (Lipinski definition) is 4. The standard InChI is InChI=1S/C44H46O4/c45-35-9-1-31(2-10-35)41-19-27-17-29(23-41)39(43(21-27,25-41)33-5-13-37(47)14-6-33)40-30-18-28-20-42(24-30,32-3-11-36(46)12-4-32)26-44(40,22-28)34-7-15-38(48)16-8-34/h1-16,27-30,39-40,45-48H,17-26H2. The monoisotopic (exact) mass is 638 g/mol. The molecule has 10 atom stereocenters. The molecular weight excluding hydrogens is 592 g/mol. The first-order valence-corrected chi connectivity index (χ1v) is 18.4. The summed E-state index contributed by atoms with van der Waals surface area (Å²) in [6.07, 6.45) is 12.1. The molecule has 0 radical (unpaired) electrons. The average molecular weight is 639 g/mol. The molecule has 4 N–H and O–H groups in total. The fraction of sp³-hybridized carbons (Fsp3) is 0.455. The molecule has 8 bridgehead atoms. The molecule has 0 spiro atoms. The molecular formula is C44H46O4. The van der Waals surface area contributed by atoms with Crippen LogP contribution < -0.4 is 0 Å². The van der Waals surface area contributed by atoms with Gasteiger partial charge >= 0.3 is 0 Å². The third kappa shape index (κ3) is 3.95. The molecule has 12 rings (SSSR count). The van der Waals surface area contributed by atoms with Gasteiger partial charge in [-0.05, 0) is 192 Å². The highest BCUT2D eigenvalue weighted by Crippen LogP contribution is 2.77. The second kappa shape index (κ2) is 9.83. The fourth-order valence-corrected chi connectivity index (χ4v) is 14.4. The molecule has 0 saturated heterocycles. The lowest BCUT2D eigenvalue weighted by molar-refractivity contribution is -0.176. The zero-order valence-corrected chi connectivity index (χ0v) is 27.6. The second-order valence-corrected chi connectivity index (χ2v) is 17.4. The van der Waals surface area contributed by atoms with Gasteiger partial charge in [0.05, 0.1) is 0 Å². The molecule has 4 aromatic rings. The van der Waals surface area contributed by atoms with Crippen LogP contribution in [0, 0.1) is 35.5 Å². The van der Waals surface area contributed by atoms with Gasteiger partial charge in [-0.2, -0.15) is 0 Å². The Bertz CT molecular complexity index is 1730. The lowest BCUT2D eigenvalue weighted by atomic mass is 9.30. The average Bonchev–Trinajstić information content (AvgIpc) is 3.06. The Kier molecular flexibility index (Phi) is 5.95. The van der Waals surface area contributed by atoms with E-state index in [9.17, 15) is 20.4 Å². The summed E-state index contributed by atoms with van der Waals surface area (Å²) in [5.74, 6) is 4.94. The van der Waals surface area contributed by atoms with E-state index in [1.54, 1.807) is 0 Å². The van der Waals surface area contributed by atoms with Crippen LogP contribution in [0.3, 0.4) is 0 Å². The lowest BCUT2D eigenvalue weighted by Gasteiger charge is -2.74. The summed E-state index contributed by atoms with van der Waals surface area (Å²) in [5.41, 5.74) is 5.80. The predicted octanol–water partition coefficient (Wildman–Crippen LogP) is 9.24. The van der Waals surface area contributed by atoms with Crippen LogP contribution in [0.4, 0.5) is 0 Å². The van der Waals surface area contributed by atoms with Crippen molar-refractivity contribution in [1.82, 2.24) is 0 Å². The maximum atomic E-state index is 10.5. The highest BCUT2D eigenvalue weighted by Gasteiger charge is 2.71. The predicted molar refractivity (Wildman–Crippen MR) is 186 cm³/mol. The van der Waals surface area contributed by atoms with E-state index in [-0.39, 0.29) is 21.7 Å². The largest absolute Gasteiger partial charge is 0.508 e. The molecule has 0 aromatic heterocycles. The zero-order valence-electron chi connectivity index (χ0n) is 27.6. The first-order valence-electron chi connectivity index (χ1n) is 18.4. The van der Waals surface area contributed by atoms with Gasteiger partial charge in [-0.15, -0.1) is 0 Å². The Balaban J connectivity index is 1.17. The number of rotatable bonds is 5. The van der Waals surface area contributed by atoms with Crippen LogP contribution in [0.25, 0.3) is 0 Å². The normalized spacial score (nSPS) is 40.3. The highest BCUT2D eigenvalue weighted by atomic mass is 16.3. The van der Waals surface area contributed by atoms with Gasteiger partial charge in [-0.1, -0.05) is 48.5 Å². The van der Waals surface area contributed by atoms with Crippen molar-refractivity contribution in [2.24, 2.45) is 35.5 Å². The van der Waals surface area contributed by atoms with Gasteiger partial charge in [-0.3, -0.25) is 0 Å². The van der Waals surface area contributed by atoms with E-state index in [0.717, 1.165) is 12.8 Å². The van der Waals surface area contributed by atoms with Crippen LogP contribution >= 0.6 is 0 Å². The Morgan fingerprint density at radius 3 is 1.02 bits per heavy atom. The van der Waals surface area contributed by atoms with Crippen LogP contribution in [-0.2, 0) is 21.7 Å². The number of phenolic OH excluding ortho intramolecular Hbond substituents is 4. The summed E-state index contributed by atoms with van der Waals surface area (Å²) >= 11 is 0. The molecule has 8 aliphatic carbocycles. The molecule has 8 saturated carbocycles. The highest BCUT2D eigenvalue weighted by molar-refractivity contribution is 5.46. The van der Waals surface area contributed by atoms with E-state index < -0.39 is 0 Å². The van der Waals surface area contributed by atoms with E-state index >= 15 is 0 Å². The number of fused-ring (bicyclic) bond motifs is 1. The lowest BCUT2D eigenvalue weighted by Crippen LogP contribution is -2.69. The van der Waals surface area contributed by atoms with Crippen molar-refractivity contribution in [2.75, 3.05) is 0 Å². The number of aromatic hydroxyl groups is 4. The molecule has 246 valence electrons. The minimum absolute atomic E-state index is 0.00528. The SMILES string of the molecule is Oc1ccc(C23CC4CC(C2)C(C2C5CC6CC(c7ccc(O)cc7)(C5)CC2(c2ccc(O)cc2)C6)C(c2ccc(O)cc2)(C4)C3)cc1. The zero-order chi connectivity index (χ0) is 32.5. The molecule has 0 aliphatic heterocycles. The van der Waals surface area contributed by atoms with Gasteiger partial charge in [0, 0.05) is 0 Å². The van der Waals surface area contributed by atoms with Crippen molar-refractivity contribution in [1.29, 1.82) is 0 Å². The molecule has 0 heterocycles. The Labute approximate surface area is 283 Å². The van der Waals surface area contributed by atoms with E-state index in [1.165, 1.54) is 73.6 Å².